The summed E-state index contributed by atoms with van der Waals surface area (Å²) < 4.78 is 26.9. The van der Waals surface area contributed by atoms with Crippen LogP contribution >= 0.6 is 48.0 Å². The van der Waals surface area contributed by atoms with E-state index in [4.69, 9.17) is 23.2 Å². The standard InChI is InChI=1S/C12H17Cl2N3O2S.2ClH/c13-10-2-1-3-11(12(10)14)20(18,19)16-6-9-17-7-4-15-5-8-17;;/h1-3,15-16H,4-9H2;2*1H. The Hall–Kier alpha value is 0.210. The number of piperazine rings is 1. The summed E-state index contributed by atoms with van der Waals surface area (Å²) in [6.07, 6.45) is 0. The predicted octanol–water partition coefficient (Wildman–Crippen LogP) is 2.02. The number of nitrogens with one attached hydrogen (secondary N) is 2. The van der Waals surface area contributed by atoms with Crippen molar-refractivity contribution in [1.82, 2.24) is 14.9 Å². The molecule has 2 N–H and O–H groups in total. The number of sulfonamides is 1. The maximum atomic E-state index is 12.2. The van der Waals surface area contributed by atoms with Crippen molar-refractivity contribution < 1.29 is 8.42 Å². The van der Waals surface area contributed by atoms with Gasteiger partial charge >= 0.3 is 0 Å². The first-order valence-corrected chi connectivity index (χ1v) is 8.61. The van der Waals surface area contributed by atoms with Crippen molar-refractivity contribution in [2.45, 2.75) is 4.90 Å². The van der Waals surface area contributed by atoms with Gasteiger partial charge in [0.1, 0.15) is 4.90 Å². The number of hydrogen-bond acceptors (Lipinski definition) is 4. The van der Waals surface area contributed by atoms with Gasteiger partial charge in [-0.3, -0.25) is 4.90 Å². The average molecular weight is 411 g/mol. The van der Waals surface area contributed by atoms with Gasteiger partial charge in [-0.15, -0.1) is 24.8 Å². The van der Waals surface area contributed by atoms with Crippen LogP contribution in [-0.4, -0.2) is 52.6 Å². The molecule has 128 valence electrons. The SMILES string of the molecule is Cl.Cl.O=S(=O)(NCCN1CCNCC1)c1cccc(Cl)c1Cl. The van der Waals surface area contributed by atoms with E-state index < -0.39 is 10.0 Å². The van der Waals surface area contributed by atoms with Gasteiger partial charge in [0.15, 0.2) is 0 Å². The molecule has 1 saturated heterocycles. The largest absolute Gasteiger partial charge is 0.314 e. The fourth-order valence-electron chi connectivity index (χ4n) is 2.04. The first-order valence-electron chi connectivity index (χ1n) is 6.37. The third kappa shape index (κ3) is 6.02. The van der Waals surface area contributed by atoms with Crippen LogP contribution in [0.2, 0.25) is 10.0 Å². The van der Waals surface area contributed by atoms with Crippen LogP contribution in [0.1, 0.15) is 0 Å². The second-order valence-electron chi connectivity index (χ2n) is 4.54. The van der Waals surface area contributed by atoms with Gasteiger partial charge in [0.25, 0.3) is 0 Å². The third-order valence-corrected chi connectivity index (χ3v) is 5.57. The molecule has 1 aliphatic heterocycles. The van der Waals surface area contributed by atoms with Crippen LogP contribution in [0.25, 0.3) is 0 Å². The van der Waals surface area contributed by atoms with E-state index in [1.165, 1.54) is 6.07 Å². The zero-order valence-electron chi connectivity index (χ0n) is 11.7. The summed E-state index contributed by atoms with van der Waals surface area (Å²) in [4.78, 5) is 2.23. The highest BCUT2D eigenvalue weighted by molar-refractivity contribution is 7.89. The summed E-state index contributed by atoms with van der Waals surface area (Å²) in [7, 11) is -3.62. The quantitative estimate of drug-likeness (QED) is 0.779. The molecule has 1 aromatic rings. The van der Waals surface area contributed by atoms with Gasteiger partial charge in [-0.2, -0.15) is 0 Å². The maximum absolute atomic E-state index is 12.2. The molecule has 0 aliphatic carbocycles. The molecule has 0 atom stereocenters. The molecule has 22 heavy (non-hydrogen) atoms. The molecule has 0 bridgehead atoms. The van der Waals surface area contributed by atoms with E-state index in [0.717, 1.165) is 26.2 Å². The Labute approximate surface area is 153 Å². The first-order chi connectivity index (χ1) is 9.50. The fourth-order valence-corrected chi connectivity index (χ4v) is 3.82. The Morgan fingerprint density at radius 2 is 1.82 bits per heavy atom. The normalized spacial score (nSPS) is 15.7. The predicted molar refractivity (Wildman–Crippen MR) is 95.5 cm³/mol. The second-order valence-corrected chi connectivity index (χ2v) is 7.06. The molecule has 10 heteroatoms. The molecule has 0 amide bonds. The highest BCUT2D eigenvalue weighted by atomic mass is 35.5. The molecule has 1 aliphatic rings. The molecular weight excluding hydrogens is 392 g/mol. The third-order valence-electron chi connectivity index (χ3n) is 3.14. The van der Waals surface area contributed by atoms with Gasteiger partial charge in [-0.25, -0.2) is 13.1 Å². The van der Waals surface area contributed by atoms with Crippen LogP contribution in [0.5, 0.6) is 0 Å². The smallest absolute Gasteiger partial charge is 0.242 e. The van der Waals surface area contributed by atoms with Crippen LogP contribution in [0, 0.1) is 0 Å². The van der Waals surface area contributed by atoms with Gasteiger partial charge in [-0.05, 0) is 12.1 Å². The number of benzene rings is 1. The van der Waals surface area contributed by atoms with Gasteiger partial charge in [0.05, 0.1) is 10.0 Å². The molecule has 1 fully saturated rings. The Balaban J connectivity index is 0.00000220. The first kappa shape index (κ1) is 22.2. The lowest BCUT2D eigenvalue weighted by atomic mass is 10.3. The lowest BCUT2D eigenvalue weighted by Gasteiger charge is -2.27. The topological polar surface area (TPSA) is 61.4 Å². The summed E-state index contributed by atoms with van der Waals surface area (Å²) in [6.45, 7) is 4.77. The molecule has 0 unspecified atom stereocenters. The minimum absolute atomic E-state index is 0. The number of hydrogen-bond donors (Lipinski definition) is 2. The van der Waals surface area contributed by atoms with Gasteiger partial charge in [0, 0.05) is 39.3 Å². The van der Waals surface area contributed by atoms with Crippen molar-refractivity contribution in [3.05, 3.63) is 28.2 Å². The van der Waals surface area contributed by atoms with E-state index in [1.54, 1.807) is 12.1 Å². The van der Waals surface area contributed by atoms with Crippen molar-refractivity contribution in [1.29, 1.82) is 0 Å². The minimum Gasteiger partial charge on any atom is -0.314 e. The van der Waals surface area contributed by atoms with Crippen molar-refractivity contribution in [3.63, 3.8) is 0 Å². The molecule has 0 spiro atoms. The van der Waals surface area contributed by atoms with E-state index in [2.05, 4.69) is 14.9 Å². The van der Waals surface area contributed by atoms with Crippen molar-refractivity contribution in [3.8, 4) is 0 Å². The van der Waals surface area contributed by atoms with E-state index >= 15 is 0 Å². The van der Waals surface area contributed by atoms with Crippen LogP contribution < -0.4 is 10.0 Å². The van der Waals surface area contributed by atoms with E-state index in [-0.39, 0.29) is 39.8 Å². The monoisotopic (exact) mass is 409 g/mol. The highest BCUT2D eigenvalue weighted by Crippen LogP contribution is 2.28. The Morgan fingerprint density at radius 1 is 1.18 bits per heavy atom. The van der Waals surface area contributed by atoms with E-state index in [1.807, 2.05) is 0 Å². The zero-order chi connectivity index (χ0) is 14.6. The van der Waals surface area contributed by atoms with Crippen LogP contribution in [0.15, 0.2) is 23.1 Å². The molecule has 2 rings (SSSR count). The van der Waals surface area contributed by atoms with Gasteiger partial charge < -0.3 is 5.32 Å². The van der Waals surface area contributed by atoms with Crippen molar-refractivity contribution >= 4 is 58.0 Å². The van der Waals surface area contributed by atoms with Crippen LogP contribution in [0.4, 0.5) is 0 Å². The number of nitrogens with zero attached hydrogens (tertiary/aromatic N) is 1. The average Bonchev–Trinajstić information content (AvgIpc) is 2.42. The van der Waals surface area contributed by atoms with Gasteiger partial charge in [0.2, 0.25) is 10.0 Å². The van der Waals surface area contributed by atoms with Crippen LogP contribution in [0.3, 0.4) is 0 Å². The lowest BCUT2D eigenvalue weighted by molar-refractivity contribution is 0.245. The number of rotatable bonds is 5. The molecule has 0 radical (unpaired) electrons. The minimum atomic E-state index is -3.62. The highest BCUT2D eigenvalue weighted by Gasteiger charge is 2.19. The number of halogens is 4. The van der Waals surface area contributed by atoms with E-state index in [0.29, 0.717) is 13.1 Å². The van der Waals surface area contributed by atoms with Crippen LogP contribution in [-0.2, 0) is 10.0 Å². The summed E-state index contributed by atoms with van der Waals surface area (Å²) in [6, 6.07) is 4.57. The lowest BCUT2D eigenvalue weighted by Crippen LogP contribution is -2.46. The summed E-state index contributed by atoms with van der Waals surface area (Å²) in [5.41, 5.74) is 0. The maximum Gasteiger partial charge on any atom is 0.242 e. The van der Waals surface area contributed by atoms with E-state index in [9.17, 15) is 8.42 Å². The fraction of sp³-hybridized carbons (Fsp3) is 0.500. The zero-order valence-corrected chi connectivity index (χ0v) is 15.7. The Bertz CT molecular complexity index is 565. The Morgan fingerprint density at radius 3 is 2.45 bits per heavy atom. The molecule has 1 aromatic carbocycles. The van der Waals surface area contributed by atoms with Gasteiger partial charge in [-0.1, -0.05) is 29.3 Å². The second kappa shape index (κ2) is 10.2. The van der Waals surface area contributed by atoms with Crippen molar-refractivity contribution in [2.24, 2.45) is 0 Å². The molecule has 0 aromatic heterocycles. The summed E-state index contributed by atoms with van der Waals surface area (Å²) in [5, 5.41) is 3.54. The summed E-state index contributed by atoms with van der Waals surface area (Å²) >= 11 is 11.8. The summed E-state index contributed by atoms with van der Waals surface area (Å²) in [5.74, 6) is 0. The van der Waals surface area contributed by atoms with Crippen molar-refractivity contribution in [2.75, 3.05) is 39.3 Å². The Kier molecular flexibility index (Phi) is 10.3. The molecular formula is C12H19Cl4N3O2S. The molecule has 5 nitrogen and oxygen atoms in total. The molecule has 1 heterocycles. The molecule has 0 saturated carbocycles.